The highest BCUT2D eigenvalue weighted by Gasteiger charge is 2.19. The van der Waals surface area contributed by atoms with Crippen LogP contribution < -0.4 is 14.4 Å². The molecule has 1 aromatic rings. The molecule has 2 aliphatic heterocycles. The number of anilines is 1. The van der Waals surface area contributed by atoms with Gasteiger partial charge in [0.2, 0.25) is 0 Å². The van der Waals surface area contributed by atoms with Crippen LogP contribution in [0.4, 0.5) is 5.69 Å². The number of benzene rings is 1. The van der Waals surface area contributed by atoms with Crippen molar-refractivity contribution >= 4 is 5.69 Å². The smallest absolute Gasteiger partial charge is 0.184 e. The molecule has 1 aromatic carbocycles. The first-order chi connectivity index (χ1) is 7.95. The van der Waals surface area contributed by atoms with E-state index in [0.29, 0.717) is 13.2 Å². The van der Waals surface area contributed by atoms with E-state index in [-0.39, 0.29) is 0 Å². The molecule has 2 heterocycles. The summed E-state index contributed by atoms with van der Waals surface area (Å²) in [4.78, 5) is 2.33. The molecule has 2 aliphatic rings. The zero-order valence-corrected chi connectivity index (χ0v) is 9.19. The van der Waals surface area contributed by atoms with Crippen LogP contribution in [0.5, 0.6) is 11.5 Å². The number of fused-ring (bicyclic) bond motifs is 1. The van der Waals surface area contributed by atoms with Crippen molar-refractivity contribution in [2.45, 2.75) is 6.42 Å². The van der Waals surface area contributed by atoms with E-state index in [4.69, 9.17) is 9.47 Å². The van der Waals surface area contributed by atoms with Gasteiger partial charge < -0.3 is 14.4 Å². The molecule has 0 aromatic heterocycles. The SMILES string of the molecule is C1=CCN(c2cccc3c2OCCO3)CC1. The van der Waals surface area contributed by atoms with Crippen molar-refractivity contribution < 1.29 is 9.47 Å². The Hall–Kier alpha value is -1.64. The standard InChI is InChI=1S/C13H15NO2/c1-2-7-14(8-3-1)11-5-4-6-12-13(11)16-10-9-15-12/h1-2,4-6H,3,7-10H2. The van der Waals surface area contributed by atoms with Gasteiger partial charge in [-0.1, -0.05) is 18.2 Å². The zero-order valence-electron chi connectivity index (χ0n) is 9.19. The number of hydrogen-bond donors (Lipinski definition) is 0. The quantitative estimate of drug-likeness (QED) is 0.673. The lowest BCUT2D eigenvalue weighted by Gasteiger charge is -2.29. The van der Waals surface area contributed by atoms with Crippen molar-refractivity contribution in [3.05, 3.63) is 30.4 Å². The fourth-order valence-corrected chi connectivity index (χ4v) is 2.17. The highest BCUT2D eigenvalue weighted by Crippen LogP contribution is 2.39. The van der Waals surface area contributed by atoms with E-state index in [2.05, 4.69) is 23.1 Å². The minimum atomic E-state index is 0.647. The summed E-state index contributed by atoms with van der Waals surface area (Å²) in [5.41, 5.74) is 1.15. The Kier molecular flexibility index (Phi) is 2.44. The molecule has 0 N–H and O–H groups in total. The normalized spacial score (nSPS) is 18.6. The lowest BCUT2D eigenvalue weighted by atomic mass is 10.2. The average Bonchev–Trinajstić information content (AvgIpc) is 2.39. The number of nitrogens with zero attached hydrogens (tertiary/aromatic N) is 1. The number of para-hydroxylation sites is 1. The maximum absolute atomic E-state index is 5.72. The molecule has 84 valence electrons. The lowest BCUT2D eigenvalue weighted by molar-refractivity contribution is 0.172. The molecule has 3 nitrogen and oxygen atoms in total. The Balaban J connectivity index is 1.96. The van der Waals surface area contributed by atoms with Crippen molar-refractivity contribution in [2.75, 3.05) is 31.2 Å². The van der Waals surface area contributed by atoms with E-state index in [1.807, 2.05) is 12.1 Å². The number of ether oxygens (including phenoxy) is 2. The van der Waals surface area contributed by atoms with Gasteiger partial charge in [0.05, 0.1) is 5.69 Å². The van der Waals surface area contributed by atoms with Crippen LogP contribution in [0.2, 0.25) is 0 Å². The van der Waals surface area contributed by atoms with Gasteiger partial charge in [-0.15, -0.1) is 0 Å². The number of rotatable bonds is 1. The second-order valence-corrected chi connectivity index (χ2v) is 4.01. The van der Waals surface area contributed by atoms with E-state index in [0.717, 1.165) is 36.7 Å². The first-order valence-electron chi connectivity index (χ1n) is 5.74. The fourth-order valence-electron chi connectivity index (χ4n) is 2.17. The second kappa shape index (κ2) is 4.08. The van der Waals surface area contributed by atoms with E-state index in [1.165, 1.54) is 0 Å². The van der Waals surface area contributed by atoms with Crippen LogP contribution in [0.15, 0.2) is 30.4 Å². The molecule has 0 saturated carbocycles. The topological polar surface area (TPSA) is 21.7 Å². The van der Waals surface area contributed by atoms with Crippen molar-refractivity contribution in [1.82, 2.24) is 0 Å². The van der Waals surface area contributed by atoms with E-state index >= 15 is 0 Å². The predicted molar refractivity (Wildman–Crippen MR) is 63.4 cm³/mol. The maximum atomic E-state index is 5.72. The van der Waals surface area contributed by atoms with Crippen LogP contribution in [0.3, 0.4) is 0 Å². The van der Waals surface area contributed by atoms with Crippen LogP contribution in [0.1, 0.15) is 6.42 Å². The summed E-state index contributed by atoms with van der Waals surface area (Å²) in [6, 6.07) is 6.10. The van der Waals surface area contributed by atoms with Gasteiger partial charge in [0.1, 0.15) is 13.2 Å². The second-order valence-electron chi connectivity index (χ2n) is 4.01. The summed E-state index contributed by atoms with van der Waals surface area (Å²) in [7, 11) is 0. The van der Waals surface area contributed by atoms with Crippen molar-refractivity contribution in [3.8, 4) is 11.5 Å². The molecule has 0 spiro atoms. The highest BCUT2D eigenvalue weighted by molar-refractivity contribution is 5.65. The third-order valence-electron chi connectivity index (χ3n) is 2.94. The van der Waals surface area contributed by atoms with Gasteiger partial charge in [0, 0.05) is 13.1 Å². The van der Waals surface area contributed by atoms with Gasteiger partial charge in [-0.25, -0.2) is 0 Å². The molecule has 0 bridgehead atoms. The van der Waals surface area contributed by atoms with Gasteiger partial charge in [-0.05, 0) is 18.6 Å². The van der Waals surface area contributed by atoms with Gasteiger partial charge in [-0.2, -0.15) is 0 Å². The maximum Gasteiger partial charge on any atom is 0.184 e. The molecule has 0 atom stereocenters. The summed E-state index contributed by atoms with van der Waals surface area (Å²) in [5.74, 6) is 1.78. The first-order valence-corrected chi connectivity index (χ1v) is 5.74. The third-order valence-corrected chi connectivity index (χ3v) is 2.94. The zero-order chi connectivity index (χ0) is 10.8. The summed E-state index contributed by atoms with van der Waals surface area (Å²) in [6.07, 6.45) is 5.53. The molecular formula is C13H15NO2. The molecule has 0 aliphatic carbocycles. The predicted octanol–water partition coefficient (Wildman–Crippen LogP) is 2.22. The minimum absolute atomic E-state index is 0.647. The Morgan fingerprint density at radius 2 is 2.00 bits per heavy atom. The molecule has 0 fully saturated rings. The average molecular weight is 217 g/mol. The Morgan fingerprint density at radius 3 is 2.88 bits per heavy atom. The van der Waals surface area contributed by atoms with Gasteiger partial charge in [0.25, 0.3) is 0 Å². The van der Waals surface area contributed by atoms with Crippen LogP contribution >= 0.6 is 0 Å². The Morgan fingerprint density at radius 1 is 1.06 bits per heavy atom. The van der Waals surface area contributed by atoms with Crippen LogP contribution in [-0.4, -0.2) is 26.3 Å². The summed E-state index contributed by atoms with van der Waals surface area (Å²) in [5, 5.41) is 0. The Labute approximate surface area is 95.3 Å². The van der Waals surface area contributed by atoms with Crippen molar-refractivity contribution in [2.24, 2.45) is 0 Å². The summed E-state index contributed by atoms with van der Waals surface area (Å²) < 4.78 is 11.3. The van der Waals surface area contributed by atoms with E-state index in [1.54, 1.807) is 0 Å². The fraction of sp³-hybridized carbons (Fsp3) is 0.385. The molecular weight excluding hydrogens is 202 g/mol. The molecule has 16 heavy (non-hydrogen) atoms. The molecule has 0 unspecified atom stereocenters. The lowest BCUT2D eigenvalue weighted by Crippen LogP contribution is -2.28. The van der Waals surface area contributed by atoms with Crippen molar-refractivity contribution in [1.29, 1.82) is 0 Å². The first kappa shape index (κ1) is 9.58. The van der Waals surface area contributed by atoms with Crippen LogP contribution in [0, 0.1) is 0 Å². The highest BCUT2D eigenvalue weighted by atomic mass is 16.6. The van der Waals surface area contributed by atoms with E-state index < -0.39 is 0 Å². The molecule has 3 heteroatoms. The van der Waals surface area contributed by atoms with Gasteiger partial charge >= 0.3 is 0 Å². The van der Waals surface area contributed by atoms with Gasteiger partial charge in [-0.3, -0.25) is 0 Å². The minimum Gasteiger partial charge on any atom is -0.486 e. The van der Waals surface area contributed by atoms with E-state index in [9.17, 15) is 0 Å². The van der Waals surface area contributed by atoms with Crippen LogP contribution in [-0.2, 0) is 0 Å². The summed E-state index contributed by atoms with van der Waals surface area (Å²) in [6.45, 7) is 3.31. The molecule has 0 saturated heterocycles. The molecule has 0 radical (unpaired) electrons. The monoisotopic (exact) mass is 217 g/mol. The molecule has 3 rings (SSSR count). The van der Waals surface area contributed by atoms with Crippen molar-refractivity contribution in [3.63, 3.8) is 0 Å². The van der Waals surface area contributed by atoms with Gasteiger partial charge in [0.15, 0.2) is 11.5 Å². The number of hydrogen-bond acceptors (Lipinski definition) is 3. The Bertz CT molecular complexity index is 414. The molecule has 0 amide bonds. The largest absolute Gasteiger partial charge is 0.486 e. The van der Waals surface area contributed by atoms with Crippen LogP contribution in [0.25, 0.3) is 0 Å². The summed E-state index contributed by atoms with van der Waals surface area (Å²) >= 11 is 0. The third kappa shape index (κ3) is 1.62.